The van der Waals surface area contributed by atoms with Crippen molar-refractivity contribution in [3.8, 4) is 17.6 Å². The lowest BCUT2D eigenvalue weighted by atomic mass is 9.82. The highest BCUT2D eigenvalue weighted by Crippen LogP contribution is 2.50. The van der Waals surface area contributed by atoms with Crippen molar-refractivity contribution in [1.29, 1.82) is 0 Å². The molecular formula is C28H31ClN2O4. The number of amides is 2. The molecule has 7 heteroatoms. The second kappa shape index (κ2) is 10.5. The van der Waals surface area contributed by atoms with Crippen molar-refractivity contribution in [3.05, 3.63) is 58.6 Å². The first-order chi connectivity index (χ1) is 17.1. The van der Waals surface area contributed by atoms with Gasteiger partial charge in [0.05, 0.1) is 25.9 Å². The first kappa shape index (κ1) is 24.0. The van der Waals surface area contributed by atoms with Crippen LogP contribution in [0.2, 0.25) is 5.02 Å². The molecular weight excluding hydrogens is 464 g/mol. The van der Waals surface area contributed by atoms with Crippen LogP contribution in [-0.2, 0) is 21.6 Å². The fraction of sp³-hybridized carbons (Fsp3) is 0.464. The molecule has 1 aliphatic carbocycles. The fourth-order valence-corrected chi connectivity index (χ4v) is 5.04. The minimum atomic E-state index is -0.741. The van der Waals surface area contributed by atoms with Crippen LogP contribution in [0.25, 0.3) is 0 Å². The molecule has 2 fully saturated rings. The third kappa shape index (κ3) is 5.28. The molecule has 0 radical (unpaired) electrons. The Hall–Kier alpha value is -2.72. The Morgan fingerprint density at radius 1 is 1.17 bits per heavy atom. The number of methoxy groups -OCH3 is 1. The number of anilines is 1. The van der Waals surface area contributed by atoms with Crippen LogP contribution in [0.3, 0.4) is 0 Å². The Morgan fingerprint density at radius 3 is 2.71 bits per heavy atom. The summed E-state index contributed by atoms with van der Waals surface area (Å²) in [6.07, 6.45) is 5.67. The van der Waals surface area contributed by atoms with Crippen LogP contribution in [0.15, 0.2) is 42.5 Å². The van der Waals surface area contributed by atoms with Gasteiger partial charge in [0.1, 0.15) is 11.3 Å². The van der Waals surface area contributed by atoms with Crippen LogP contribution in [0.1, 0.15) is 49.7 Å². The lowest BCUT2D eigenvalue weighted by Crippen LogP contribution is -2.56. The van der Waals surface area contributed by atoms with Crippen LogP contribution in [0.4, 0.5) is 10.5 Å². The maximum absolute atomic E-state index is 13.5. The number of nitrogens with zero attached hydrogens (tertiary/aromatic N) is 1. The molecule has 2 aromatic carbocycles. The summed E-state index contributed by atoms with van der Waals surface area (Å²) in [7, 11) is 1.64. The van der Waals surface area contributed by atoms with Crippen molar-refractivity contribution in [2.45, 2.75) is 56.9 Å². The van der Waals surface area contributed by atoms with Gasteiger partial charge in [-0.25, -0.2) is 4.79 Å². The van der Waals surface area contributed by atoms with Crippen molar-refractivity contribution in [2.75, 3.05) is 25.2 Å². The van der Waals surface area contributed by atoms with Crippen molar-refractivity contribution in [1.82, 2.24) is 5.32 Å². The van der Waals surface area contributed by atoms with Gasteiger partial charge in [0.2, 0.25) is 0 Å². The molecule has 0 spiro atoms. The van der Waals surface area contributed by atoms with Crippen LogP contribution < -0.4 is 15.0 Å². The van der Waals surface area contributed by atoms with Crippen molar-refractivity contribution in [2.24, 2.45) is 5.92 Å². The molecule has 2 aromatic rings. The molecule has 2 unspecified atom stereocenters. The normalized spacial score (nSPS) is 23.7. The van der Waals surface area contributed by atoms with Crippen LogP contribution in [0, 0.1) is 17.8 Å². The maximum atomic E-state index is 13.5. The third-order valence-corrected chi connectivity index (χ3v) is 7.10. The molecule has 2 aliphatic heterocycles. The van der Waals surface area contributed by atoms with Gasteiger partial charge in [0, 0.05) is 23.6 Å². The van der Waals surface area contributed by atoms with Gasteiger partial charge in [-0.2, -0.15) is 0 Å². The molecule has 6 nitrogen and oxygen atoms in total. The number of hydrogen-bond acceptors (Lipinski definition) is 4. The van der Waals surface area contributed by atoms with Gasteiger partial charge in [-0.3, -0.25) is 4.90 Å². The summed E-state index contributed by atoms with van der Waals surface area (Å²) in [5, 5.41) is 3.91. The summed E-state index contributed by atoms with van der Waals surface area (Å²) in [6.45, 7) is 1.71. The Bertz CT molecular complexity index is 1120. The molecule has 1 saturated carbocycles. The van der Waals surface area contributed by atoms with E-state index in [4.69, 9.17) is 25.8 Å². The number of rotatable bonds is 7. The monoisotopic (exact) mass is 494 g/mol. The lowest BCUT2D eigenvalue weighted by Gasteiger charge is -2.41. The summed E-state index contributed by atoms with van der Waals surface area (Å²) in [6, 6.07) is 13.3. The topological polar surface area (TPSA) is 60.0 Å². The van der Waals surface area contributed by atoms with E-state index >= 15 is 0 Å². The van der Waals surface area contributed by atoms with Gasteiger partial charge in [-0.05, 0) is 73.9 Å². The first-order valence-electron chi connectivity index (χ1n) is 12.3. The van der Waals surface area contributed by atoms with Gasteiger partial charge in [-0.15, -0.1) is 0 Å². The average Bonchev–Trinajstić information content (AvgIpc) is 3.73. The van der Waals surface area contributed by atoms with Crippen molar-refractivity contribution in [3.63, 3.8) is 0 Å². The fourth-order valence-electron chi connectivity index (χ4n) is 4.87. The number of benzene rings is 2. The Balaban J connectivity index is 1.38. The van der Waals surface area contributed by atoms with Gasteiger partial charge < -0.3 is 19.5 Å². The summed E-state index contributed by atoms with van der Waals surface area (Å²) in [5.74, 6) is 7.79. The van der Waals surface area contributed by atoms with Crippen molar-refractivity contribution < 1.29 is 19.0 Å². The summed E-state index contributed by atoms with van der Waals surface area (Å²) in [5.41, 5.74) is 2.08. The number of carbonyl (C=O) groups is 1. The van der Waals surface area contributed by atoms with Crippen molar-refractivity contribution >= 4 is 23.3 Å². The largest absolute Gasteiger partial charge is 0.497 e. The second-order valence-electron chi connectivity index (χ2n) is 9.33. The van der Waals surface area contributed by atoms with Gasteiger partial charge >= 0.3 is 6.03 Å². The number of hydrogen-bond donors (Lipinski definition) is 1. The molecule has 35 heavy (non-hydrogen) atoms. The van der Waals surface area contributed by atoms with Crippen LogP contribution in [0.5, 0.6) is 5.75 Å². The maximum Gasteiger partial charge on any atom is 0.323 e. The van der Waals surface area contributed by atoms with E-state index < -0.39 is 5.54 Å². The standard InChI is InChI=1S/C28H31ClN2O4/c1-33-23-12-7-20(8-13-23)19-31-25-14-11-22(29)18-24(25)28(21-9-10-21,30-27(31)32)15-3-5-17-35-26-6-2-4-16-34-26/h7-8,11-14,18,21,26H,2,4-6,9-10,16-17,19H2,1H3,(H,30,32). The minimum absolute atomic E-state index is 0.122. The van der Waals surface area contributed by atoms with Gasteiger partial charge in [-0.1, -0.05) is 35.6 Å². The van der Waals surface area contributed by atoms with E-state index in [-0.39, 0.29) is 18.2 Å². The quantitative estimate of drug-likeness (QED) is 0.401. The lowest BCUT2D eigenvalue weighted by molar-refractivity contribution is -0.161. The number of halogens is 1. The molecule has 1 N–H and O–H groups in total. The summed E-state index contributed by atoms with van der Waals surface area (Å²) >= 11 is 6.45. The zero-order valence-corrected chi connectivity index (χ0v) is 20.8. The molecule has 5 rings (SSSR count). The van der Waals surface area contributed by atoms with E-state index in [0.29, 0.717) is 24.6 Å². The average molecular weight is 495 g/mol. The highest BCUT2D eigenvalue weighted by molar-refractivity contribution is 6.30. The molecule has 0 bridgehead atoms. The highest BCUT2D eigenvalue weighted by Gasteiger charge is 2.51. The predicted molar refractivity (Wildman–Crippen MR) is 135 cm³/mol. The Kier molecular flexibility index (Phi) is 7.19. The Morgan fingerprint density at radius 2 is 2.00 bits per heavy atom. The molecule has 184 valence electrons. The number of nitrogens with one attached hydrogen (secondary N) is 1. The number of ether oxygens (including phenoxy) is 3. The SMILES string of the molecule is COc1ccc(CN2C(=O)NC(C#CCCOC3CCCCO3)(C3CC3)c3cc(Cl)ccc32)cc1. The Labute approximate surface area is 211 Å². The zero-order valence-electron chi connectivity index (χ0n) is 20.0. The number of urea groups is 1. The van der Waals surface area contributed by atoms with E-state index in [1.54, 1.807) is 12.0 Å². The highest BCUT2D eigenvalue weighted by atomic mass is 35.5. The number of carbonyl (C=O) groups excluding carboxylic acids is 1. The van der Waals surface area contributed by atoms with Crippen LogP contribution in [-0.4, -0.2) is 32.6 Å². The second-order valence-corrected chi connectivity index (χ2v) is 9.76. The number of fused-ring (bicyclic) bond motifs is 1. The molecule has 1 saturated heterocycles. The molecule has 3 aliphatic rings. The van der Waals surface area contributed by atoms with Gasteiger partial charge in [0.25, 0.3) is 0 Å². The minimum Gasteiger partial charge on any atom is -0.497 e. The summed E-state index contributed by atoms with van der Waals surface area (Å²) in [4.78, 5) is 15.2. The smallest absolute Gasteiger partial charge is 0.323 e. The van der Waals surface area contributed by atoms with E-state index in [0.717, 1.165) is 61.3 Å². The molecule has 2 atom stereocenters. The summed E-state index contributed by atoms with van der Waals surface area (Å²) < 4.78 is 16.7. The molecule has 2 amide bonds. The molecule has 0 aromatic heterocycles. The third-order valence-electron chi connectivity index (χ3n) is 6.87. The van der Waals surface area contributed by atoms with E-state index in [2.05, 4.69) is 17.2 Å². The predicted octanol–water partition coefficient (Wildman–Crippen LogP) is 5.62. The van der Waals surface area contributed by atoms with E-state index in [1.165, 1.54) is 0 Å². The van der Waals surface area contributed by atoms with E-state index in [9.17, 15) is 4.79 Å². The van der Waals surface area contributed by atoms with Crippen LogP contribution >= 0.6 is 11.6 Å². The van der Waals surface area contributed by atoms with Gasteiger partial charge in [0.15, 0.2) is 6.29 Å². The molecule has 2 heterocycles. The van der Waals surface area contributed by atoms with E-state index in [1.807, 2.05) is 42.5 Å². The zero-order chi connectivity index (χ0) is 24.3. The first-order valence-corrected chi connectivity index (χ1v) is 12.7.